The first-order valence-electron chi connectivity index (χ1n) is 8.33. The maximum atomic E-state index is 10.8. The number of benzene rings is 1. The van der Waals surface area contributed by atoms with E-state index < -0.39 is 24.5 Å². The number of fused-ring (bicyclic) bond motifs is 1. The zero-order valence-electron chi connectivity index (χ0n) is 13.9. The standard InChI is InChI=1S/C17H20N6O3/c18-15-13-16(21-8-20-15)23(9-22-13)17-14(25)12(11(7-24)26-17)19-6-10-4-2-1-3-5-10/h1-5,8-9,11-12,14,17,19,24-25H,6-7H2,(H2,18,20,21)/t11-,12?,14?,17-/m1/s1. The van der Waals surface area contributed by atoms with Crippen molar-refractivity contribution in [3.8, 4) is 0 Å². The van der Waals surface area contributed by atoms with Crippen LogP contribution in [0.25, 0.3) is 11.2 Å². The Balaban J connectivity index is 1.57. The molecule has 26 heavy (non-hydrogen) atoms. The van der Waals surface area contributed by atoms with Gasteiger partial charge in [-0.25, -0.2) is 15.0 Å². The number of aliphatic hydroxyl groups is 2. The van der Waals surface area contributed by atoms with Gasteiger partial charge in [-0.15, -0.1) is 0 Å². The lowest BCUT2D eigenvalue weighted by molar-refractivity contribution is -0.0489. The number of nitrogens with two attached hydrogens (primary N) is 1. The van der Waals surface area contributed by atoms with Crippen molar-refractivity contribution in [2.45, 2.75) is 31.0 Å². The molecule has 1 saturated heterocycles. The van der Waals surface area contributed by atoms with E-state index in [4.69, 9.17) is 10.5 Å². The fourth-order valence-corrected chi connectivity index (χ4v) is 3.27. The predicted octanol–water partition coefficient (Wildman–Crippen LogP) is -0.183. The van der Waals surface area contributed by atoms with Crippen molar-refractivity contribution in [3.63, 3.8) is 0 Å². The van der Waals surface area contributed by atoms with E-state index in [0.717, 1.165) is 5.56 Å². The van der Waals surface area contributed by atoms with Gasteiger partial charge in [0.25, 0.3) is 0 Å². The number of aliphatic hydroxyl groups excluding tert-OH is 2. The molecule has 9 heteroatoms. The molecule has 2 aromatic heterocycles. The van der Waals surface area contributed by atoms with Crippen molar-refractivity contribution < 1.29 is 14.9 Å². The van der Waals surface area contributed by atoms with Crippen LogP contribution in [0.4, 0.5) is 5.82 Å². The Bertz CT molecular complexity index is 887. The Labute approximate surface area is 149 Å². The maximum Gasteiger partial charge on any atom is 0.167 e. The van der Waals surface area contributed by atoms with Crippen LogP contribution < -0.4 is 11.1 Å². The summed E-state index contributed by atoms with van der Waals surface area (Å²) in [6, 6.07) is 9.38. The summed E-state index contributed by atoms with van der Waals surface area (Å²) < 4.78 is 7.49. The average molecular weight is 356 g/mol. The smallest absolute Gasteiger partial charge is 0.167 e. The lowest BCUT2D eigenvalue weighted by Gasteiger charge is -2.21. The number of rotatable bonds is 5. The number of imidazole rings is 1. The third kappa shape index (κ3) is 2.90. The SMILES string of the molecule is Nc1ncnc2c1ncn2[C@@H]1O[C@H](CO)C(NCc2ccccc2)C1O. The Hall–Kier alpha value is -2.59. The van der Waals surface area contributed by atoms with E-state index in [1.807, 2.05) is 30.3 Å². The van der Waals surface area contributed by atoms with Gasteiger partial charge in [0.2, 0.25) is 0 Å². The van der Waals surface area contributed by atoms with Gasteiger partial charge in [-0.3, -0.25) is 4.57 Å². The van der Waals surface area contributed by atoms with Gasteiger partial charge in [-0.2, -0.15) is 0 Å². The predicted molar refractivity (Wildman–Crippen MR) is 93.8 cm³/mol. The molecule has 1 aromatic carbocycles. The normalized spacial score (nSPS) is 25.8. The fourth-order valence-electron chi connectivity index (χ4n) is 3.27. The molecule has 0 bridgehead atoms. The summed E-state index contributed by atoms with van der Waals surface area (Å²) in [7, 11) is 0. The van der Waals surface area contributed by atoms with Crippen LogP contribution in [0.3, 0.4) is 0 Å². The summed E-state index contributed by atoms with van der Waals surface area (Å²) in [6.45, 7) is 0.332. The molecule has 1 aliphatic rings. The van der Waals surface area contributed by atoms with Crippen LogP contribution in [0, 0.1) is 0 Å². The summed E-state index contributed by atoms with van der Waals surface area (Å²) in [4.78, 5) is 12.3. The Morgan fingerprint density at radius 1 is 1.19 bits per heavy atom. The van der Waals surface area contributed by atoms with Crippen LogP contribution in [-0.4, -0.2) is 54.6 Å². The Morgan fingerprint density at radius 2 is 2.00 bits per heavy atom. The minimum Gasteiger partial charge on any atom is -0.394 e. The van der Waals surface area contributed by atoms with Gasteiger partial charge in [0.1, 0.15) is 24.1 Å². The molecule has 0 amide bonds. The van der Waals surface area contributed by atoms with Crippen molar-refractivity contribution >= 4 is 17.0 Å². The zero-order valence-corrected chi connectivity index (χ0v) is 13.9. The van der Waals surface area contributed by atoms with E-state index in [2.05, 4.69) is 20.3 Å². The minimum absolute atomic E-state index is 0.218. The van der Waals surface area contributed by atoms with Crippen LogP contribution in [0.2, 0.25) is 0 Å². The number of aromatic nitrogens is 4. The molecule has 2 unspecified atom stereocenters. The Kier molecular flexibility index (Phi) is 4.51. The summed E-state index contributed by atoms with van der Waals surface area (Å²) in [5.41, 5.74) is 7.81. The molecule has 0 aliphatic carbocycles. The van der Waals surface area contributed by atoms with Crippen LogP contribution in [0.15, 0.2) is 43.0 Å². The monoisotopic (exact) mass is 356 g/mol. The van der Waals surface area contributed by atoms with Gasteiger partial charge in [0, 0.05) is 6.54 Å². The molecule has 3 heterocycles. The first kappa shape index (κ1) is 16.9. The van der Waals surface area contributed by atoms with Crippen molar-refractivity contribution in [3.05, 3.63) is 48.5 Å². The third-order valence-electron chi connectivity index (χ3n) is 4.60. The molecular weight excluding hydrogens is 336 g/mol. The van der Waals surface area contributed by atoms with Gasteiger partial charge in [0.15, 0.2) is 17.7 Å². The molecule has 1 fully saturated rings. The van der Waals surface area contributed by atoms with Crippen LogP contribution in [-0.2, 0) is 11.3 Å². The molecule has 4 rings (SSSR count). The van der Waals surface area contributed by atoms with Gasteiger partial charge in [0.05, 0.1) is 19.0 Å². The van der Waals surface area contributed by atoms with Crippen molar-refractivity contribution in [1.82, 2.24) is 24.8 Å². The average Bonchev–Trinajstić information content (AvgIpc) is 3.22. The molecule has 0 spiro atoms. The topological polar surface area (TPSA) is 131 Å². The van der Waals surface area contributed by atoms with E-state index >= 15 is 0 Å². The van der Waals surface area contributed by atoms with Crippen LogP contribution in [0.1, 0.15) is 11.8 Å². The minimum atomic E-state index is -0.899. The first-order chi connectivity index (χ1) is 12.7. The zero-order chi connectivity index (χ0) is 18.1. The second-order valence-electron chi connectivity index (χ2n) is 6.21. The quantitative estimate of drug-likeness (QED) is 0.495. The van der Waals surface area contributed by atoms with Crippen LogP contribution in [0.5, 0.6) is 0 Å². The van der Waals surface area contributed by atoms with Crippen molar-refractivity contribution in [1.29, 1.82) is 0 Å². The van der Waals surface area contributed by atoms with Crippen LogP contribution >= 0.6 is 0 Å². The molecule has 3 aromatic rings. The Morgan fingerprint density at radius 3 is 2.77 bits per heavy atom. The van der Waals surface area contributed by atoms with Crippen molar-refractivity contribution in [2.24, 2.45) is 0 Å². The maximum absolute atomic E-state index is 10.8. The first-order valence-corrected chi connectivity index (χ1v) is 8.33. The number of hydrogen-bond donors (Lipinski definition) is 4. The number of nitrogen functional groups attached to an aromatic ring is 1. The number of anilines is 1. The van der Waals surface area contributed by atoms with E-state index in [1.165, 1.54) is 12.7 Å². The van der Waals surface area contributed by atoms with Gasteiger partial charge >= 0.3 is 0 Å². The highest BCUT2D eigenvalue weighted by Gasteiger charge is 2.44. The highest BCUT2D eigenvalue weighted by molar-refractivity contribution is 5.81. The highest BCUT2D eigenvalue weighted by atomic mass is 16.5. The molecular formula is C17H20N6O3. The molecule has 9 nitrogen and oxygen atoms in total. The number of nitrogens with one attached hydrogen (secondary N) is 1. The summed E-state index contributed by atoms with van der Waals surface area (Å²) in [5.74, 6) is 0.263. The van der Waals surface area contributed by atoms with E-state index in [9.17, 15) is 10.2 Å². The number of ether oxygens (including phenoxy) is 1. The number of hydrogen-bond acceptors (Lipinski definition) is 8. The fraction of sp³-hybridized carbons (Fsp3) is 0.353. The molecule has 1 aliphatic heterocycles. The van der Waals surface area contributed by atoms with Gasteiger partial charge in [-0.1, -0.05) is 30.3 Å². The van der Waals surface area contributed by atoms with Crippen molar-refractivity contribution in [2.75, 3.05) is 12.3 Å². The van der Waals surface area contributed by atoms with Gasteiger partial charge < -0.3 is 26.0 Å². The molecule has 0 saturated carbocycles. The summed E-state index contributed by atoms with van der Waals surface area (Å²) in [5, 5.41) is 23.8. The van der Waals surface area contributed by atoms with Gasteiger partial charge in [-0.05, 0) is 5.56 Å². The van der Waals surface area contributed by atoms with E-state index in [1.54, 1.807) is 4.57 Å². The molecule has 5 N–H and O–H groups in total. The highest BCUT2D eigenvalue weighted by Crippen LogP contribution is 2.32. The molecule has 136 valence electrons. The lowest BCUT2D eigenvalue weighted by atomic mass is 10.1. The summed E-state index contributed by atoms with van der Waals surface area (Å²) >= 11 is 0. The van der Waals surface area contributed by atoms with E-state index in [0.29, 0.717) is 17.7 Å². The lowest BCUT2D eigenvalue weighted by Crippen LogP contribution is -2.45. The largest absolute Gasteiger partial charge is 0.394 e. The number of nitrogens with zero attached hydrogens (tertiary/aromatic N) is 4. The third-order valence-corrected chi connectivity index (χ3v) is 4.60. The second-order valence-corrected chi connectivity index (χ2v) is 6.21. The van der Waals surface area contributed by atoms with E-state index in [-0.39, 0.29) is 12.4 Å². The molecule has 4 atom stereocenters. The second kappa shape index (κ2) is 6.96. The molecule has 0 radical (unpaired) electrons. The summed E-state index contributed by atoms with van der Waals surface area (Å²) in [6.07, 6.45) is 0.656.